The molecule has 5 heteroatoms. The molecule has 1 unspecified atom stereocenters. The highest BCUT2D eigenvalue weighted by Gasteiger charge is 2.21. The predicted octanol–water partition coefficient (Wildman–Crippen LogP) is 3.95. The highest BCUT2D eigenvalue weighted by Crippen LogP contribution is 2.18. The van der Waals surface area contributed by atoms with E-state index in [2.05, 4.69) is 22.2 Å². The summed E-state index contributed by atoms with van der Waals surface area (Å²) in [7, 11) is 0. The summed E-state index contributed by atoms with van der Waals surface area (Å²) in [6.07, 6.45) is 8.60. The SMILES string of the molecule is CCCCCCC(NC(=O)OC(C)(C)C)c1ncc[nH]1. The van der Waals surface area contributed by atoms with Crippen LogP contribution >= 0.6 is 0 Å². The number of H-pyrrole nitrogens is 1. The van der Waals surface area contributed by atoms with E-state index in [4.69, 9.17) is 4.74 Å². The number of nitrogens with zero attached hydrogens (tertiary/aromatic N) is 1. The van der Waals surface area contributed by atoms with Gasteiger partial charge in [-0.3, -0.25) is 0 Å². The molecule has 0 aliphatic rings. The standard InChI is InChI=1S/C15H27N3O2/c1-5-6-7-8-9-12(13-16-10-11-17-13)18-14(19)20-15(2,3)4/h10-12H,5-9H2,1-4H3,(H,16,17)(H,18,19). The molecule has 0 spiro atoms. The summed E-state index contributed by atoms with van der Waals surface area (Å²) >= 11 is 0. The second-order valence-electron chi connectivity index (χ2n) is 6.02. The monoisotopic (exact) mass is 281 g/mol. The van der Waals surface area contributed by atoms with Crippen molar-refractivity contribution in [3.8, 4) is 0 Å². The summed E-state index contributed by atoms with van der Waals surface area (Å²) in [5, 5.41) is 2.90. The van der Waals surface area contributed by atoms with Gasteiger partial charge in [0.15, 0.2) is 0 Å². The van der Waals surface area contributed by atoms with Crippen molar-refractivity contribution in [2.45, 2.75) is 71.4 Å². The fourth-order valence-electron chi connectivity index (χ4n) is 1.97. The summed E-state index contributed by atoms with van der Waals surface area (Å²) in [5.41, 5.74) is -0.486. The molecule has 0 radical (unpaired) electrons. The molecule has 2 N–H and O–H groups in total. The number of carbonyl (C=O) groups is 1. The number of amides is 1. The number of carbonyl (C=O) groups excluding carboxylic acids is 1. The van der Waals surface area contributed by atoms with Gasteiger partial charge in [-0.2, -0.15) is 0 Å². The smallest absolute Gasteiger partial charge is 0.408 e. The van der Waals surface area contributed by atoms with Gasteiger partial charge in [0.2, 0.25) is 0 Å². The summed E-state index contributed by atoms with van der Waals surface area (Å²) < 4.78 is 5.30. The molecule has 1 heterocycles. The first kappa shape index (κ1) is 16.5. The lowest BCUT2D eigenvalue weighted by atomic mass is 10.1. The Kier molecular flexibility index (Phi) is 6.55. The van der Waals surface area contributed by atoms with Gasteiger partial charge in [0.1, 0.15) is 11.4 Å². The molecule has 5 nitrogen and oxygen atoms in total. The summed E-state index contributed by atoms with van der Waals surface area (Å²) in [6, 6.07) is -0.114. The molecule has 0 aromatic carbocycles. The molecule has 0 bridgehead atoms. The van der Waals surface area contributed by atoms with Crippen molar-refractivity contribution in [1.82, 2.24) is 15.3 Å². The predicted molar refractivity (Wildman–Crippen MR) is 79.5 cm³/mol. The van der Waals surface area contributed by atoms with Gasteiger partial charge in [0, 0.05) is 12.4 Å². The van der Waals surface area contributed by atoms with Crippen LogP contribution in [0.2, 0.25) is 0 Å². The van der Waals surface area contributed by atoms with Crippen LogP contribution in [0.25, 0.3) is 0 Å². The molecule has 20 heavy (non-hydrogen) atoms. The molecule has 0 aliphatic carbocycles. The lowest BCUT2D eigenvalue weighted by Crippen LogP contribution is -2.35. The highest BCUT2D eigenvalue weighted by molar-refractivity contribution is 5.68. The van der Waals surface area contributed by atoms with Gasteiger partial charge < -0.3 is 15.0 Å². The van der Waals surface area contributed by atoms with Gasteiger partial charge in [0.25, 0.3) is 0 Å². The molecule has 0 fully saturated rings. The van der Waals surface area contributed by atoms with Crippen LogP contribution < -0.4 is 5.32 Å². The molecule has 1 amide bonds. The Morgan fingerprint density at radius 2 is 2.15 bits per heavy atom. The zero-order chi connectivity index (χ0) is 15.0. The molecule has 1 rings (SSSR count). The minimum Gasteiger partial charge on any atom is -0.444 e. The quantitative estimate of drug-likeness (QED) is 0.744. The summed E-state index contributed by atoms with van der Waals surface area (Å²) in [6.45, 7) is 7.75. The van der Waals surface area contributed by atoms with Gasteiger partial charge in [-0.05, 0) is 27.2 Å². The summed E-state index contributed by atoms with van der Waals surface area (Å²) in [4.78, 5) is 19.2. The third kappa shape index (κ3) is 6.59. The fraction of sp³-hybridized carbons (Fsp3) is 0.733. The van der Waals surface area contributed by atoms with E-state index < -0.39 is 11.7 Å². The van der Waals surface area contributed by atoms with E-state index in [0.29, 0.717) is 0 Å². The van der Waals surface area contributed by atoms with Crippen molar-refractivity contribution in [2.75, 3.05) is 0 Å². The highest BCUT2D eigenvalue weighted by atomic mass is 16.6. The lowest BCUT2D eigenvalue weighted by molar-refractivity contribution is 0.0498. The first-order valence-electron chi connectivity index (χ1n) is 7.41. The third-order valence-electron chi connectivity index (χ3n) is 2.89. The average Bonchev–Trinajstić information content (AvgIpc) is 2.84. The number of alkyl carbamates (subject to hydrolysis) is 1. The molecular formula is C15H27N3O2. The molecule has 114 valence electrons. The molecule has 1 aromatic rings. The maximum Gasteiger partial charge on any atom is 0.408 e. The van der Waals surface area contributed by atoms with E-state index in [0.717, 1.165) is 18.7 Å². The van der Waals surface area contributed by atoms with Crippen molar-refractivity contribution in [3.63, 3.8) is 0 Å². The molecule has 1 aromatic heterocycles. The largest absolute Gasteiger partial charge is 0.444 e. The Hall–Kier alpha value is -1.52. The second-order valence-corrected chi connectivity index (χ2v) is 6.02. The fourth-order valence-corrected chi connectivity index (χ4v) is 1.97. The molecule has 0 saturated heterocycles. The van der Waals surface area contributed by atoms with E-state index in [-0.39, 0.29) is 6.04 Å². The maximum absolute atomic E-state index is 11.9. The van der Waals surface area contributed by atoms with Gasteiger partial charge in [-0.25, -0.2) is 9.78 Å². The Bertz CT molecular complexity index is 382. The maximum atomic E-state index is 11.9. The molecule has 0 saturated carbocycles. The van der Waals surface area contributed by atoms with E-state index in [1.54, 1.807) is 12.4 Å². The van der Waals surface area contributed by atoms with Crippen LogP contribution in [0.3, 0.4) is 0 Å². The van der Waals surface area contributed by atoms with Crippen molar-refractivity contribution in [1.29, 1.82) is 0 Å². The normalized spacial score (nSPS) is 13.0. The van der Waals surface area contributed by atoms with Crippen LogP contribution in [0.1, 0.15) is 71.7 Å². The minimum atomic E-state index is -0.486. The zero-order valence-corrected chi connectivity index (χ0v) is 13.0. The Balaban J connectivity index is 2.53. The number of unbranched alkanes of at least 4 members (excludes halogenated alkanes) is 3. The number of hydrogen-bond acceptors (Lipinski definition) is 3. The van der Waals surface area contributed by atoms with Crippen LogP contribution in [0.15, 0.2) is 12.4 Å². The number of aromatic amines is 1. The van der Waals surface area contributed by atoms with Crippen LogP contribution in [0, 0.1) is 0 Å². The van der Waals surface area contributed by atoms with E-state index >= 15 is 0 Å². The molecular weight excluding hydrogens is 254 g/mol. The Labute approximate surface area is 121 Å². The first-order chi connectivity index (χ1) is 9.42. The van der Waals surface area contributed by atoms with Gasteiger partial charge in [-0.15, -0.1) is 0 Å². The Morgan fingerprint density at radius 1 is 1.40 bits per heavy atom. The van der Waals surface area contributed by atoms with Gasteiger partial charge in [-0.1, -0.05) is 32.6 Å². The van der Waals surface area contributed by atoms with Crippen molar-refractivity contribution < 1.29 is 9.53 Å². The zero-order valence-electron chi connectivity index (χ0n) is 13.0. The summed E-state index contributed by atoms with van der Waals surface area (Å²) in [5.74, 6) is 0.785. The van der Waals surface area contributed by atoms with Crippen LogP contribution in [-0.2, 0) is 4.74 Å². The molecule has 1 atom stereocenters. The van der Waals surface area contributed by atoms with Crippen molar-refractivity contribution >= 4 is 6.09 Å². The minimum absolute atomic E-state index is 0.114. The third-order valence-corrected chi connectivity index (χ3v) is 2.89. The van der Waals surface area contributed by atoms with Crippen LogP contribution in [0.5, 0.6) is 0 Å². The van der Waals surface area contributed by atoms with Gasteiger partial charge >= 0.3 is 6.09 Å². The average molecular weight is 281 g/mol. The topological polar surface area (TPSA) is 67.0 Å². The van der Waals surface area contributed by atoms with E-state index in [1.807, 2.05) is 20.8 Å². The number of nitrogens with one attached hydrogen (secondary N) is 2. The number of imidazole rings is 1. The first-order valence-corrected chi connectivity index (χ1v) is 7.41. The van der Waals surface area contributed by atoms with Crippen LogP contribution in [-0.4, -0.2) is 21.7 Å². The molecule has 0 aliphatic heterocycles. The van der Waals surface area contributed by atoms with Crippen molar-refractivity contribution in [3.05, 3.63) is 18.2 Å². The number of aromatic nitrogens is 2. The number of ether oxygens (including phenoxy) is 1. The van der Waals surface area contributed by atoms with E-state index in [1.165, 1.54) is 19.3 Å². The second kappa shape index (κ2) is 7.92. The number of rotatable bonds is 7. The lowest BCUT2D eigenvalue weighted by Gasteiger charge is -2.22. The Morgan fingerprint density at radius 3 is 2.70 bits per heavy atom. The number of hydrogen-bond donors (Lipinski definition) is 2. The van der Waals surface area contributed by atoms with Crippen LogP contribution in [0.4, 0.5) is 4.79 Å². The van der Waals surface area contributed by atoms with E-state index in [9.17, 15) is 4.79 Å². The van der Waals surface area contributed by atoms with Gasteiger partial charge in [0.05, 0.1) is 6.04 Å². The van der Waals surface area contributed by atoms with Crippen molar-refractivity contribution in [2.24, 2.45) is 0 Å².